The summed E-state index contributed by atoms with van der Waals surface area (Å²) < 4.78 is 14.6. The van der Waals surface area contributed by atoms with Crippen molar-refractivity contribution < 1.29 is 23.9 Å². The van der Waals surface area contributed by atoms with Gasteiger partial charge in [-0.2, -0.15) is 0 Å². The number of ether oxygens (including phenoxy) is 2. The predicted molar refractivity (Wildman–Crippen MR) is 233 cm³/mol. The predicted octanol–water partition coefficient (Wildman–Crippen LogP) is 7.20. The van der Waals surface area contributed by atoms with Crippen LogP contribution in [0.1, 0.15) is 113 Å². The third-order valence-electron chi connectivity index (χ3n) is 14.3. The van der Waals surface area contributed by atoms with Crippen LogP contribution in [0.3, 0.4) is 0 Å². The maximum Gasteiger partial charge on any atom is 0.324 e. The molecule has 4 aromatic rings. The van der Waals surface area contributed by atoms with Crippen molar-refractivity contribution in [3.05, 3.63) is 57.7 Å². The summed E-state index contributed by atoms with van der Waals surface area (Å²) in [5.74, 6) is -0.0948. The molecule has 1 aliphatic carbocycles. The van der Waals surface area contributed by atoms with Crippen molar-refractivity contribution in [2.75, 3.05) is 27.3 Å². The summed E-state index contributed by atoms with van der Waals surface area (Å²) in [6, 6.07) is 8.75. The molecular weight excluding hydrogens is 775 g/mol. The average molecular weight is 836 g/mol. The molecule has 8 bridgehead atoms. The number of nitrogens with one attached hydrogen (secondary N) is 2. The van der Waals surface area contributed by atoms with Crippen molar-refractivity contribution in [3.8, 4) is 22.5 Å². The van der Waals surface area contributed by atoms with Gasteiger partial charge in [0.1, 0.15) is 12.1 Å². The molecule has 7 heterocycles. The van der Waals surface area contributed by atoms with Gasteiger partial charge in [-0.3, -0.25) is 24.4 Å². The number of amides is 2. The van der Waals surface area contributed by atoms with Crippen molar-refractivity contribution in [2.45, 2.75) is 135 Å². The molecule has 13 heteroatoms. The summed E-state index contributed by atoms with van der Waals surface area (Å²) in [5.41, 5.74) is 11.3. The van der Waals surface area contributed by atoms with Gasteiger partial charge in [0, 0.05) is 83.6 Å². The number of nitrogens with zero attached hydrogens (tertiary/aromatic N) is 5. The van der Waals surface area contributed by atoms with E-state index in [0.717, 1.165) is 69.9 Å². The third-order valence-corrected chi connectivity index (χ3v) is 15.1. The molecule has 9 rings (SSSR count). The van der Waals surface area contributed by atoms with Crippen LogP contribution in [0.25, 0.3) is 33.4 Å². The first-order valence-corrected chi connectivity index (χ1v) is 23.1. The Morgan fingerprint density at radius 3 is 2.62 bits per heavy atom. The Kier molecular flexibility index (Phi) is 11.2. The number of esters is 1. The summed E-state index contributed by atoms with van der Waals surface area (Å²) in [4.78, 5) is 54.2. The molecule has 4 fully saturated rings. The van der Waals surface area contributed by atoms with Gasteiger partial charge in [0.2, 0.25) is 5.91 Å². The van der Waals surface area contributed by atoms with Crippen LogP contribution in [-0.4, -0.2) is 93.7 Å². The molecule has 3 saturated heterocycles. The summed E-state index contributed by atoms with van der Waals surface area (Å²) in [6.45, 7) is 12.0. The Morgan fingerprint density at radius 2 is 1.90 bits per heavy atom. The molecule has 4 aliphatic heterocycles. The van der Waals surface area contributed by atoms with E-state index in [1.165, 1.54) is 40.3 Å². The lowest BCUT2D eigenvalue weighted by atomic mass is 9.82. The number of rotatable bonds is 7. The van der Waals surface area contributed by atoms with E-state index < -0.39 is 17.5 Å². The van der Waals surface area contributed by atoms with Crippen molar-refractivity contribution in [1.29, 1.82) is 0 Å². The Bertz CT molecular complexity index is 2290. The minimum absolute atomic E-state index is 0.0873. The highest BCUT2D eigenvalue weighted by Crippen LogP contribution is 2.46. The lowest BCUT2D eigenvalue weighted by Gasteiger charge is -2.36. The van der Waals surface area contributed by atoms with Gasteiger partial charge < -0.3 is 24.3 Å². The highest BCUT2D eigenvalue weighted by atomic mass is 32.1. The van der Waals surface area contributed by atoms with E-state index in [1.807, 2.05) is 0 Å². The van der Waals surface area contributed by atoms with E-state index in [-0.39, 0.29) is 42.8 Å². The zero-order valence-electron chi connectivity index (χ0n) is 36.3. The van der Waals surface area contributed by atoms with E-state index in [0.29, 0.717) is 49.7 Å². The molecule has 7 atom stereocenters. The topological polar surface area (TPSA) is 131 Å². The lowest BCUT2D eigenvalue weighted by Crippen LogP contribution is -2.60. The number of pyridine rings is 1. The molecule has 60 heavy (non-hydrogen) atoms. The Balaban J connectivity index is 1.17. The SMILES string of the molecule is CCn1c(-c2cc(C3CC4CCC(C3)N4C)cnc2[C@H](C)OC)c2c3cc(ccc31)-c1csc(n1)C[C@H](NC(=O)[C@H]1C[C@@H]1C)C(=O)N1CCC[C@H](N1)C(=O)OCC(C)(C)C2. The first-order valence-electron chi connectivity index (χ1n) is 22.2. The number of thiazole rings is 1. The number of hydrazine groups is 1. The standard InChI is InChI=1S/C47H61N7O5S/c1-8-53-40-14-11-28-19-34(40)36(43(53)35-20-30(23-48-42(35)27(3)58-7)29-17-31-12-13-32(18-29)52(31)6)22-47(4,5)25-59-46(57)37-10-9-15-54(51-37)45(56)38(21-41-49-39(28)24-60-41)50-44(55)33-16-26(33)2/h11,14,19-20,23-24,26-27,29,31-33,37-38,51H,8-10,12-13,15-18,21-22,25H2,1-7H3,(H,50,55)/t26-,27-,29?,31?,32?,33-,37-,38-/m0/s1. The van der Waals surface area contributed by atoms with E-state index in [1.54, 1.807) is 7.11 Å². The summed E-state index contributed by atoms with van der Waals surface area (Å²) in [5, 5.41) is 8.52. The van der Waals surface area contributed by atoms with Crippen LogP contribution in [0.4, 0.5) is 0 Å². The van der Waals surface area contributed by atoms with Crippen LogP contribution in [-0.2, 0) is 43.2 Å². The van der Waals surface area contributed by atoms with Gasteiger partial charge in [0.15, 0.2) is 0 Å². The van der Waals surface area contributed by atoms with Crippen molar-refractivity contribution in [3.63, 3.8) is 0 Å². The van der Waals surface area contributed by atoms with Crippen molar-refractivity contribution in [2.24, 2.45) is 17.3 Å². The number of carbonyl (C=O) groups is 3. The molecule has 2 amide bonds. The second-order valence-electron chi connectivity index (χ2n) is 19.1. The molecule has 2 unspecified atom stereocenters. The Hall–Kier alpha value is -4.17. The van der Waals surface area contributed by atoms with Crippen LogP contribution < -0.4 is 10.7 Å². The first kappa shape index (κ1) is 41.2. The zero-order valence-corrected chi connectivity index (χ0v) is 37.1. The van der Waals surface area contributed by atoms with Crippen LogP contribution in [0.2, 0.25) is 0 Å². The number of cyclic esters (lactones) is 1. The number of hydrogen-bond donors (Lipinski definition) is 2. The minimum Gasteiger partial charge on any atom is -0.464 e. The summed E-state index contributed by atoms with van der Waals surface area (Å²) in [6.07, 6.45) is 9.58. The maximum atomic E-state index is 14.2. The number of methoxy groups -OCH3 is 1. The third kappa shape index (κ3) is 7.80. The lowest BCUT2D eigenvalue weighted by molar-refractivity contribution is -0.155. The highest BCUT2D eigenvalue weighted by Gasteiger charge is 2.43. The van der Waals surface area contributed by atoms with Gasteiger partial charge >= 0.3 is 5.97 Å². The average Bonchev–Trinajstić information content (AvgIpc) is 3.59. The normalized spacial score (nSPS) is 28.6. The molecule has 0 radical (unpaired) electrons. The molecule has 5 aliphatic rings. The van der Waals surface area contributed by atoms with Gasteiger partial charge in [-0.05, 0) is 113 Å². The number of carbonyl (C=O) groups excluding carboxylic acids is 3. The fraction of sp³-hybridized carbons (Fsp3) is 0.596. The van der Waals surface area contributed by atoms with Gasteiger partial charge in [0.25, 0.3) is 5.91 Å². The van der Waals surface area contributed by atoms with E-state index >= 15 is 0 Å². The quantitative estimate of drug-likeness (QED) is 0.186. The van der Waals surface area contributed by atoms with Crippen LogP contribution in [0, 0.1) is 17.3 Å². The largest absolute Gasteiger partial charge is 0.464 e. The number of benzene rings is 1. The van der Waals surface area contributed by atoms with Crippen molar-refractivity contribution >= 4 is 40.0 Å². The van der Waals surface area contributed by atoms with Crippen molar-refractivity contribution in [1.82, 2.24) is 35.2 Å². The smallest absolute Gasteiger partial charge is 0.324 e. The van der Waals surface area contributed by atoms with Gasteiger partial charge in [-0.15, -0.1) is 11.3 Å². The second-order valence-corrected chi connectivity index (χ2v) is 20.0. The van der Waals surface area contributed by atoms with Gasteiger partial charge in [0.05, 0.1) is 34.8 Å². The molecular formula is C47H61N7O5S. The highest BCUT2D eigenvalue weighted by molar-refractivity contribution is 7.10. The van der Waals surface area contributed by atoms with Crippen LogP contribution in [0.5, 0.6) is 0 Å². The number of aromatic nitrogens is 3. The molecule has 0 spiro atoms. The van der Waals surface area contributed by atoms with E-state index in [9.17, 15) is 14.4 Å². The maximum absolute atomic E-state index is 14.2. The zero-order chi connectivity index (χ0) is 42.0. The molecule has 3 aromatic heterocycles. The number of aryl methyl sites for hydroxylation is 1. The molecule has 2 N–H and O–H groups in total. The number of hydrogen-bond acceptors (Lipinski definition) is 10. The monoisotopic (exact) mass is 835 g/mol. The Morgan fingerprint density at radius 1 is 1.13 bits per heavy atom. The van der Waals surface area contributed by atoms with Gasteiger partial charge in [-0.1, -0.05) is 26.8 Å². The Labute approximate surface area is 357 Å². The number of piperidine rings is 1. The summed E-state index contributed by atoms with van der Waals surface area (Å²) in [7, 11) is 4.04. The summed E-state index contributed by atoms with van der Waals surface area (Å²) >= 11 is 1.50. The molecule has 1 saturated carbocycles. The second kappa shape index (κ2) is 16.3. The first-order chi connectivity index (χ1) is 28.8. The molecule has 12 nitrogen and oxygen atoms in total. The molecule has 1 aromatic carbocycles. The number of fused-ring (bicyclic) bond motifs is 8. The fourth-order valence-corrected chi connectivity index (χ4v) is 11.4. The fourth-order valence-electron chi connectivity index (χ4n) is 10.5. The van der Waals surface area contributed by atoms with Gasteiger partial charge in [-0.25, -0.2) is 10.4 Å². The van der Waals surface area contributed by atoms with Crippen LogP contribution in [0.15, 0.2) is 35.8 Å². The minimum atomic E-state index is -0.822. The van der Waals surface area contributed by atoms with E-state index in [4.69, 9.17) is 19.4 Å². The van der Waals surface area contributed by atoms with Crippen LogP contribution >= 0.6 is 11.3 Å². The molecule has 320 valence electrons. The van der Waals surface area contributed by atoms with E-state index in [2.05, 4.69) is 97.7 Å².